The van der Waals surface area contributed by atoms with Crippen molar-refractivity contribution in [3.05, 3.63) is 100 Å². The molecule has 0 spiro atoms. The number of carboxylic acids is 2. The minimum Gasteiger partial charge on any atom is -0.480 e. The smallest absolute Gasteiger partial charge is 0.335 e. The van der Waals surface area contributed by atoms with E-state index in [2.05, 4.69) is 16.8 Å². The average Bonchev–Trinajstić information content (AvgIpc) is 2.73. The number of rotatable bonds is 3. The number of aromatic carboxylic acids is 1. The molecule has 6 nitrogen and oxygen atoms in total. The van der Waals surface area contributed by atoms with Crippen LogP contribution in [0, 0.1) is 25.7 Å². The fourth-order valence-corrected chi connectivity index (χ4v) is 2.56. The van der Waals surface area contributed by atoms with E-state index >= 15 is 0 Å². The number of pyridine rings is 1. The van der Waals surface area contributed by atoms with Crippen LogP contribution >= 0.6 is 0 Å². The lowest BCUT2D eigenvalue weighted by atomic mass is 9.99. The normalized spacial score (nSPS) is 10.6. The van der Waals surface area contributed by atoms with Gasteiger partial charge in [0.2, 0.25) is 0 Å². The predicted molar refractivity (Wildman–Crippen MR) is 114 cm³/mol. The summed E-state index contributed by atoms with van der Waals surface area (Å²) in [6.07, 6.45) is 0. The van der Waals surface area contributed by atoms with Crippen molar-refractivity contribution in [3.63, 3.8) is 0 Å². The van der Waals surface area contributed by atoms with Gasteiger partial charge < -0.3 is 15.9 Å². The minimum atomic E-state index is -1.14. The maximum Gasteiger partial charge on any atom is 0.335 e. The van der Waals surface area contributed by atoms with Crippen LogP contribution in [-0.4, -0.2) is 27.1 Å². The molecule has 2 aromatic carbocycles. The Morgan fingerprint density at radius 1 is 0.933 bits per heavy atom. The highest BCUT2D eigenvalue weighted by atomic mass is 16.4. The molecule has 0 amide bonds. The Kier molecular flexibility index (Phi) is 7.86. The molecule has 1 heterocycles. The summed E-state index contributed by atoms with van der Waals surface area (Å²) in [6.45, 7) is 3.60. The minimum absolute atomic E-state index is 0.119. The van der Waals surface area contributed by atoms with Gasteiger partial charge in [-0.2, -0.15) is 0 Å². The number of hydrogen-bond donors (Lipinski definition) is 3. The van der Waals surface area contributed by atoms with Crippen molar-refractivity contribution in [2.75, 3.05) is 0 Å². The zero-order valence-electron chi connectivity index (χ0n) is 16.7. The lowest BCUT2D eigenvalue weighted by Crippen LogP contribution is -2.21. The molecule has 0 unspecified atom stereocenters. The topological polar surface area (TPSA) is 114 Å². The molecule has 3 aromatic rings. The van der Waals surface area contributed by atoms with Gasteiger partial charge in [-0.25, -0.2) is 9.78 Å². The van der Waals surface area contributed by atoms with E-state index in [1.54, 1.807) is 6.92 Å². The number of hydrogen-bond acceptors (Lipinski definition) is 4. The quantitative estimate of drug-likeness (QED) is 0.577. The molecule has 0 saturated carbocycles. The molecule has 3 rings (SSSR count). The van der Waals surface area contributed by atoms with Gasteiger partial charge >= 0.3 is 11.9 Å². The van der Waals surface area contributed by atoms with Gasteiger partial charge in [-0.15, -0.1) is 0 Å². The van der Waals surface area contributed by atoms with Crippen LogP contribution in [0.2, 0.25) is 0 Å². The molecule has 152 valence electrons. The largest absolute Gasteiger partial charge is 0.480 e. The molecule has 0 fully saturated rings. The zero-order valence-corrected chi connectivity index (χ0v) is 16.7. The highest BCUT2D eigenvalue weighted by Crippen LogP contribution is 2.17. The van der Waals surface area contributed by atoms with E-state index < -0.39 is 18.0 Å². The van der Waals surface area contributed by atoms with Crippen molar-refractivity contribution in [2.45, 2.75) is 19.9 Å². The van der Waals surface area contributed by atoms with Crippen molar-refractivity contribution in [1.82, 2.24) is 4.98 Å². The number of nitrogens with two attached hydrogens (primary N) is 1. The molecule has 30 heavy (non-hydrogen) atoms. The SMILES string of the molecule is Cc1cc(C(=O)O)ccc1[C@H](N)C(=O)O.Cc1cccc(C#Cc2ccccc2)n1. The summed E-state index contributed by atoms with van der Waals surface area (Å²) in [6, 6.07) is 18.8. The van der Waals surface area contributed by atoms with Gasteiger partial charge in [-0.1, -0.05) is 36.3 Å². The van der Waals surface area contributed by atoms with E-state index in [1.807, 2.05) is 55.5 Å². The van der Waals surface area contributed by atoms with Gasteiger partial charge in [0.1, 0.15) is 11.7 Å². The second-order valence-electron chi connectivity index (χ2n) is 6.47. The number of carbonyl (C=O) groups is 2. The maximum atomic E-state index is 10.6. The molecule has 0 radical (unpaired) electrons. The molecule has 0 bridgehead atoms. The third-order valence-electron chi connectivity index (χ3n) is 4.11. The standard InChI is InChI=1S/C14H11N.C10H11NO4/c1-12-6-5-9-14(15-12)11-10-13-7-3-2-4-8-13;1-5-4-6(9(12)13)2-3-7(5)8(11)10(14)15/h2-9H,1H3;2-4,8H,11H2,1H3,(H,12,13)(H,14,15)/t;8-/m.0/s1. The summed E-state index contributed by atoms with van der Waals surface area (Å²) in [7, 11) is 0. The van der Waals surface area contributed by atoms with Crippen molar-refractivity contribution >= 4 is 11.9 Å². The molecule has 4 N–H and O–H groups in total. The summed E-state index contributed by atoms with van der Waals surface area (Å²) >= 11 is 0. The number of carboxylic acid groups (broad SMARTS) is 2. The Bertz CT molecular complexity index is 1100. The second-order valence-corrected chi connectivity index (χ2v) is 6.47. The summed E-state index contributed by atoms with van der Waals surface area (Å²) in [4.78, 5) is 25.6. The lowest BCUT2D eigenvalue weighted by Gasteiger charge is -2.10. The monoisotopic (exact) mass is 402 g/mol. The van der Waals surface area contributed by atoms with Crippen molar-refractivity contribution in [2.24, 2.45) is 5.73 Å². The third kappa shape index (κ3) is 6.59. The van der Waals surface area contributed by atoms with Gasteiger partial charge in [0.05, 0.1) is 5.56 Å². The summed E-state index contributed by atoms with van der Waals surface area (Å²) < 4.78 is 0. The molecule has 0 saturated heterocycles. The Balaban J connectivity index is 0.000000214. The van der Waals surface area contributed by atoms with E-state index in [1.165, 1.54) is 18.2 Å². The van der Waals surface area contributed by atoms with Gasteiger partial charge in [0.15, 0.2) is 0 Å². The van der Waals surface area contributed by atoms with Gasteiger partial charge in [-0.05, 0) is 67.3 Å². The van der Waals surface area contributed by atoms with Crippen LogP contribution in [0.15, 0.2) is 66.7 Å². The average molecular weight is 402 g/mol. The molecule has 1 aromatic heterocycles. The first-order valence-electron chi connectivity index (χ1n) is 9.11. The van der Waals surface area contributed by atoms with Crippen LogP contribution in [0.1, 0.15) is 44.5 Å². The van der Waals surface area contributed by atoms with Crippen LogP contribution < -0.4 is 5.73 Å². The molecule has 0 aliphatic heterocycles. The van der Waals surface area contributed by atoms with Crippen LogP contribution in [0.5, 0.6) is 0 Å². The highest BCUT2D eigenvalue weighted by molar-refractivity contribution is 5.88. The molecule has 0 aliphatic rings. The summed E-state index contributed by atoms with van der Waals surface area (Å²) in [5, 5.41) is 17.4. The highest BCUT2D eigenvalue weighted by Gasteiger charge is 2.17. The molecule has 0 aliphatic carbocycles. The fourth-order valence-electron chi connectivity index (χ4n) is 2.56. The number of nitrogens with zero attached hydrogens (tertiary/aromatic N) is 1. The van der Waals surface area contributed by atoms with E-state index in [4.69, 9.17) is 15.9 Å². The number of benzene rings is 2. The molecule has 6 heteroatoms. The van der Waals surface area contributed by atoms with E-state index in [0.29, 0.717) is 11.1 Å². The summed E-state index contributed by atoms with van der Waals surface area (Å²) in [5.41, 5.74) is 9.35. The molecule has 1 atom stereocenters. The Morgan fingerprint density at radius 2 is 1.63 bits per heavy atom. The number of aryl methyl sites for hydroxylation is 2. The van der Waals surface area contributed by atoms with Crippen molar-refractivity contribution in [3.8, 4) is 11.8 Å². The third-order valence-corrected chi connectivity index (χ3v) is 4.11. The maximum absolute atomic E-state index is 10.6. The van der Waals surface area contributed by atoms with Crippen LogP contribution in [0.25, 0.3) is 0 Å². The van der Waals surface area contributed by atoms with Gasteiger partial charge in [0.25, 0.3) is 0 Å². The van der Waals surface area contributed by atoms with E-state index in [0.717, 1.165) is 17.0 Å². The second kappa shape index (κ2) is 10.6. The first-order chi connectivity index (χ1) is 14.3. The van der Waals surface area contributed by atoms with Crippen LogP contribution in [-0.2, 0) is 4.79 Å². The Labute approximate surface area is 175 Å². The van der Waals surface area contributed by atoms with Crippen LogP contribution in [0.3, 0.4) is 0 Å². The Morgan fingerprint density at radius 3 is 2.20 bits per heavy atom. The molecular weight excluding hydrogens is 380 g/mol. The van der Waals surface area contributed by atoms with Gasteiger partial charge in [0, 0.05) is 11.3 Å². The van der Waals surface area contributed by atoms with Crippen LogP contribution in [0.4, 0.5) is 0 Å². The summed E-state index contributed by atoms with van der Waals surface area (Å²) in [5.74, 6) is 3.93. The Hall–Kier alpha value is -3.95. The van der Waals surface area contributed by atoms with Gasteiger partial charge in [-0.3, -0.25) is 4.79 Å². The first kappa shape index (κ1) is 22.3. The van der Waals surface area contributed by atoms with E-state index in [9.17, 15) is 9.59 Å². The number of aliphatic carboxylic acids is 1. The zero-order chi connectivity index (χ0) is 22.1. The van der Waals surface area contributed by atoms with Crippen molar-refractivity contribution in [1.29, 1.82) is 0 Å². The molecular formula is C24H22N2O4. The first-order valence-corrected chi connectivity index (χ1v) is 9.11. The number of aromatic nitrogens is 1. The van der Waals surface area contributed by atoms with E-state index in [-0.39, 0.29) is 5.56 Å². The fraction of sp³-hybridized carbons (Fsp3) is 0.125. The van der Waals surface area contributed by atoms with Crippen molar-refractivity contribution < 1.29 is 19.8 Å². The lowest BCUT2D eigenvalue weighted by molar-refractivity contribution is -0.138. The predicted octanol–water partition coefficient (Wildman–Crippen LogP) is 3.57.